The first-order valence-corrected chi connectivity index (χ1v) is 11.4. The molecule has 0 bridgehead atoms. The number of imide groups is 1. The third-order valence-electron chi connectivity index (χ3n) is 5.11. The minimum absolute atomic E-state index is 0.194. The average Bonchev–Trinajstić information content (AvgIpc) is 3.37. The Balaban J connectivity index is 1.47. The lowest BCUT2D eigenvalue weighted by molar-refractivity contribution is -0.150. The number of aromatic nitrogens is 2. The number of esters is 1. The lowest BCUT2D eigenvalue weighted by Gasteiger charge is -2.24. The fourth-order valence-electron chi connectivity index (χ4n) is 3.43. The van der Waals surface area contributed by atoms with Crippen LogP contribution < -0.4 is 0 Å². The summed E-state index contributed by atoms with van der Waals surface area (Å²) in [4.78, 5) is 43.8. The second-order valence-electron chi connectivity index (χ2n) is 7.31. The molecule has 0 saturated heterocycles. The predicted molar refractivity (Wildman–Crippen MR) is 118 cm³/mol. The minimum Gasteiger partial charge on any atom is -0.456 e. The first kappa shape index (κ1) is 21.8. The summed E-state index contributed by atoms with van der Waals surface area (Å²) in [5.74, 6) is -0.581. The van der Waals surface area contributed by atoms with Crippen molar-refractivity contribution in [2.75, 3.05) is 12.0 Å². The molecule has 0 radical (unpaired) electrons. The summed E-state index contributed by atoms with van der Waals surface area (Å²) in [6.07, 6.45) is 2.17. The van der Waals surface area contributed by atoms with E-state index in [1.807, 2.05) is 37.4 Å². The van der Waals surface area contributed by atoms with Crippen molar-refractivity contribution in [3.8, 4) is 11.5 Å². The van der Waals surface area contributed by atoms with Crippen molar-refractivity contribution >= 4 is 29.5 Å². The maximum Gasteiger partial charge on any atom is 0.329 e. The van der Waals surface area contributed by atoms with Gasteiger partial charge in [-0.05, 0) is 49.6 Å². The van der Waals surface area contributed by atoms with E-state index in [2.05, 4.69) is 10.1 Å². The van der Waals surface area contributed by atoms with Crippen molar-refractivity contribution in [3.05, 3.63) is 71.0 Å². The topological polar surface area (TPSA) is 103 Å². The van der Waals surface area contributed by atoms with Gasteiger partial charge < -0.3 is 9.26 Å². The zero-order valence-corrected chi connectivity index (χ0v) is 18.4. The smallest absolute Gasteiger partial charge is 0.329 e. The number of carbonyl (C=O) groups excluding carboxylic acids is 3. The van der Waals surface area contributed by atoms with E-state index in [4.69, 9.17) is 9.26 Å². The van der Waals surface area contributed by atoms with Gasteiger partial charge in [0.2, 0.25) is 5.82 Å². The Bertz CT molecular complexity index is 1120. The van der Waals surface area contributed by atoms with Crippen LogP contribution >= 0.6 is 11.8 Å². The quantitative estimate of drug-likeness (QED) is 0.379. The van der Waals surface area contributed by atoms with Crippen LogP contribution in [0.2, 0.25) is 0 Å². The standard InChI is InChI=1S/C23H21N3O5S/c1-14-7-9-15(10-8-14)20-24-19(25-31-20)13-30-23(29)18(11-12-32-2)26-21(27)16-5-3-4-6-17(16)22(26)28/h3-10,18H,11-13H2,1-2H3. The van der Waals surface area contributed by atoms with E-state index in [9.17, 15) is 14.4 Å². The molecule has 0 aliphatic carbocycles. The van der Waals surface area contributed by atoms with Gasteiger partial charge in [-0.25, -0.2) is 4.79 Å². The number of ether oxygens (including phenoxy) is 1. The number of hydrogen-bond acceptors (Lipinski definition) is 8. The van der Waals surface area contributed by atoms with E-state index in [1.54, 1.807) is 24.3 Å². The van der Waals surface area contributed by atoms with Crippen LogP contribution in [0.5, 0.6) is 0 Å². The van der Waals surface area contributed by atoms with Crippen LogP contribution in [0.3, 0.4) is 0 Å². The van der Waals surface area contributed by atoms with Crippen LogP contribution in [-0.4, -0.2) is 50.9 Å². The number of benzene rings is 2. The van der Waals surface area contributed by atoms with E-state index in [-0.39, 0.29) is 18.9 Å². The number of thioether (sulfide) groups is 1. The van der Waals surface area contributed by atoms with Gasteiger partial charge in [-0.15, -0.1) is 0 Å². The highest BCUT2D eigenvalue weighted by atomic mass is 32.2. The number of aryl methyl sites for hydroxylation is 1. The summed E-state index contributed by atoms with van der Waals surface area (Å²) >= 11 is 1.51. The minimum atomic E-state index is -1.03. The van der Waals surface area contributed by atoms with Gasteiger partial charge >= 0.3 is 5.97 Å². The maximum absolute atomic E-state index is 12.9. The van der Waals surface area contributed by atoms with Gasteiger partial charge in [0.05, 0.1) is 11.1 Å². The predicted octanol–water partition coefficient (Wildman–Crippen LogP) is 3.51. The van der Waals surface area contributed by atoms with Crippen LogP contribution in [0.15, 0.2) is 53.1 Å². The molecular weight excluding hydrogens is 430 g/mol. The van der Waals surface area contributed by atoms with Crippen molar-refractivity contribution in [2.24, 2.45) is 0 Å². The van der Waals surface area contributed by atoms with Crippen molar-refractivity contribution in [3.63, 3.8) is 0 Å². The van der Waals surface area contributed by atoms with Crippen LogP contribution in [0.4, 0.5) is 0 Å². The molecule has 0 N–H and O–H groups in total. The van der Waals surface area contributed by atoms with Gasteiger partial charge in [-0.2, -0.15) is 16.7 Å². The molecule has 2 aromatic carbocycles. The second kappa shape index (κ2) is 9.35. The lowest BCUT2D eigenvalue weighted by Crippen LogP contribution is -2.46. The molecular formula is C23H21N3O5S. The highest BCUT2D eigenvalue weighted by Gasteiger charge is 2.43. The fourth-order valence-corrected chi connectivity index (χ4v) is 3.89. The Morgan fingerprint density at radius 3 is 2.38 bits per heavy atom. The maximum atomic E-state index is 12.9. The van der Waals surface area contributed by atoms with Gasteiger partial charge in [0, 0.05) is 5.56 Å². The molecule has 1 atom stereocenters. The van der Waals surface area contributed by atoms with Crippen LogP contribution in [-0.2, 0) is 16.1 Å². The molecule has 8 nitrogen and oxygen atoms in total. The molecule has 4 rings (SSSR count). The molecule has 3 aromatic rings. The van der Waals surface area contributed by atoms with E-state index in [0.29, 0.717) is 22.8 Å². The molecule has 0 spiro atoms. The van der Waals surface area contributed by atoms with Gasteiger partial charge in [-0.1, -0.05) is 35.0 Å². The molecule has 164 valence electrons. The van der Waals surface area contributed by atoms with Crippen molar-refractivity contribution in [1.29, 1.82) is 0 Å². The summed E-state index contributed by atoms with van der Waals surface area (Å²) in [5.41, 5.74) is 2.44. The summed E-state index contributed by atoms with van der Waals surface area (Å²) in [6.45, 7) is 1.75. The number of nitrogens with zero attached hydrogens (tertiary/aromatic N) is 3. The van der Waals surface area contributed by atoms with Crippen molar-refractivity contribution in [1.82, 2.24) is 15.0 Å². The summed E-state index contributed by atoms with van der Waals surface area (Å²) < 4.78 is 10.6. The average molecular weight is 452 g/mol. The lowest BCUT2D eigenvalue weighted by atomic mass is 10.1. The zero-order valence-electron chi connectivity index (χ0n) is 17.6. The number of amides is 2. The van der Waals surface area contributed by atoms with Gasteiger partial charge in [0.1, 0.15) is 6.04 Å². The molecule has 1 unspecified atom stereocenters. The Kier molecular flexibility index (Phi) is 6.36. The second-order valence-corrected chi connectivity index (χ2v) is 8.30. The van der Waals surface area contributed by atoms with Crippen LogP contribution in [0, 0.1) is 6.92 Å². The zero-order chi connectivity index (χ0) is 22.7. The Morgan fingerprint density at radius 2 is 1.75 bits per heavy atom. The number of fused-ring (bicyclic) bond motifs is 1. The SMILES string of the molecule is CSCCC(C(=O)OCc1noc(-c2ccc(C)cc2)n1)N1C(=O)c2ccccc2C1=O. The molecule has 2 heterocycles. The third kappa shape index (κ3) is 4.29. The van der Waals surface area contributed by atoms with Crippen molar-refractivity contribution in [2.45, 2.75) is 26.0 Å². The van der Waals surface area contributed by atoms with Gasteiger partial charge in [-0.3, -0.25) is 14.5 Å². The number of rotatable bonds is 8. The molecule has 1 aliphatic heterocycles. The van der Waals surface area contributed by atoms with E-state index >= 15 is 0 Å². The molecule has 0 saturated carbocycles. The summed E-state index contributed by atoms with van der Waals surface area (Å²) in [5, 5.41) is 3.85. The first-order chi connectivity index (χ1) is 15.5. The van der Waals surface area contributed by atoms with Crippen molar-refractivity contribution < 1.29 is 23.6 Å². The Hall–Kier alpha value is -3.46. The molecule has 9 heteroatoms. The van der Waals surface area contributed by atoms with Crippen LogP contribution in [0.1, 0.15) is 38.5 Å². The van der Waals surface area contributed by atoms with Gasteiger partial charge in [0.25, 0.3) is 17.7 Å². The molecule has 1 aliphatic rings. The Labute approximate surface area is 188 Å². The van der Waals surface area contributed by atoms with Crippen LogP contribution in [0.25, 0.3) is 11.5 Å². The fraction of sp³-hybridized carbons (Fsp3) is 0.261. The molecule has 32 heavy (non-hydrogen) atoms. The summed E-state index contributed by atoms with van der Waals surface area (Å²) in [6, 6.07) is 13.1. The normalized spacial score (nSPS) is 13.9. The van der Waals surface area contributed by atoms with Gasteiger partial charge in [0.15, 0.2) is 6.61 Å². The number of carbonyl (C=O) groups is 3. The Morgan fingerprint density at radius 1 is 1.09 bits per heavy atom. The molecule has 0 fully saturated rings. The highest BCUT2D eigenvalue weighted by Crippen LogP contribution is 2.27. The molecule has 2 amide bonds. The monoisotopic (exact) mass is 451 g/mol. The molecule has 1 aromatic heterocycles. The van der Waals surface area contributed by atoms with E-state index in [0.717, 1.165) is 16.0 Å². The van der Waals surface area contributed by atoms with E-state index in [1.165, 1.54) is 11.8 Å². The third-order valence-corrected chi connectivity index (χ3v) is 5.76. The summed E-state index contributed by atoms with van der Waals surface area (Å²) in [7, 11) is 0. The first-order valence-electron chi connectivity index (χ1n) is 10.0. The van der Waals surface area contributed by atoms with E-state index < -0.39 is 23.8 Å². The largest absolute Gasteiger partial charge is 0.456 e. The number of hydrogen-bond donors (Lipinski definition) is 0. The highest BCUT2D eigenvalue weighted by molar-refractivity contribution is 7.98.